The van der Waals surface area contributed by atoms with E-state index < -0.39 is 17.9 Å². The smallest absolute Gasteiger partial charge is 0.326 e. The molecule has 2 unspecified atom stereocenters. The Labute approximate surface area is 126 Å². The Morgan fingerprint density at radius 1 is 1.24 bits per heavy atom. The molecule has 1 aliphatic rings. The van der Waals surface area contributed by atoms with Crippen LogP contribution in [-0.2, 0) is 9.59 Å². The van der Waals surface area contributed by atoms with Gasteiger partial charge in [0.15, 0.2) is 5.76 Å². The number of aliphatic hydroxyl groups is 1. The van der Waals surface area contributed by atoms with Gasteiger partial charge in [0.05, 0.1) is 6.04 Å². The summed E-state index contributed by atoms with van der Waals surface area (Å²) in [6.45, 7) is 5.98. The van der Waals surface area contributed by atoms with Gasteiger partial charge in [-0.25, -0.2) is 4.79 Å². The second-order valence-electron chi connectivity index (χ2n) is 5.64. The SMILES string of the molecule is CCCCC(C(=O)O)N1C(=O)C(O)=C(CCC)C1CCC. The third kappa shape index (κ3) is 3.77. The van der Waals surface area contributed by atoms with Crippen LogP contribution in [0.25, 0.3) is 0 Å². The predicted molar refractivity (Wildman–Crippen MR) is 81.1 cm³/mol. The summed E-state index contributed by atoms with van der Waals surface area (Å²) >= 11 is 0. The minimum absolute atomic E-state index is 0.224. The van der Waals surface area contributed by atoms with Gasteiger partial charge in [0.25, 0.3) is 5.91 Å². The first-order valence-corrected chi connectivity index (χ1v) is 7.96. The Morgan fingerprint density at radius 3 is 2.38 bits per heavy atom. The summed E-state index contributed by atoms with van der Waals surface area (Å²) in [5, 5.41) is 19.6. The molecule has 21 heavy (non-hydrogen) atoms. The zero-order valence-electron chi connectivity index (χ0n) is 13.3. The van der Waals surface area contributed by atoms with E-state index in [1.54, 1.807) is 0 Å². The number of hydrogen-bond donors (Lipinski definition) is 2. The van der Waals surface area contributed by atoms with Crippen LogP contribution in [0.3, 0.4) is 0 Å². The summed E-state index contributed by atoms with van der Waals surface area (Å²) in [6.07, 6.45) is 5.07. The van der Waals surface area contributed by atoms with Gasteiger partial charge in [-0.05, 0) is 24.8 Å². The van der Waals surface area contributed by atoms with E-state index in [0.29, 0.717) is 24.8 Å². The lowest BCUT2D eigenvalue weighted by Crippen LogP contribution is -2.48. The molecule has 120 valence electrons. The molecule has 1 amide bonds. The van der Waals surface area contributed by atoms with Crippen LogP contribution >= 0.6 is 0 Å². The van der Waals surface area contributed by atoms with Gasteiger partial charge in [-0.2, -0.15) is 0 Å². The van der Waals surface area contributed by atoms with Gasteiger partial charge in [-0.15, -0.1) is 0 Å². The van der Waals surface area contributed by atoms with Crippen molar-refractivity contribution in [3.8, 4) is 0 Å². The minimum atomic E-state index is -0.983. The second kappa shape index (κ2) is 8.05. The Kier molecular flexibility index (Phi) is 6.72. The van der Waals surface area contributed by atoms with Crippen molar-refractivity contribution in [2.45, 2.75) is 77.8 Å². The number of aliphatic carboxylic acids is 1. The molecule has 0 saturated carbocycles. The van der Waals surface area contributed by atoms with Crippen molar-refractivity contribution in [2.24, 2.45) is 0 Å². The third-order valence-electron chi connectivity index (χ3n) is 4.01. The maximum atomic E-state index is 12.3. The maximum Gasteiger partial charge on any atom is 0.326 e. The van der Waals surface area contributed by atoms with Gasteiger partial charge in [-0.3, -0.25) is 4.79 Å². The molecule has 0 aromatic carbocycles. The zero-order chi connectivity index (χ0) is 16.0. The summed E-state index contributed by atoms with van der Waals surface area (Å²) in [6, 6.07) is -1.11. The van der Waals surface area contributed by atoms with Gasteiger partial charge in [-0.1, -0.05) is 46.5 Å². The number of rotatable bonds is 9. The fourth-order valence-electron chi connectivity index (χ4n) is 3.01. The highest BCUT2D eigenvalue weighted by Gasteiger charge is 2.44. The van der Waals surface area contributed by atoms with E-state index in [0.717, 1.165) is 25.7 Å². The fraction of sp³-hybridized carbons (Fsp3) is 0.750. The predicted octanol–water partition coefficient (Wildman–Crippen LogP) is 3.25. The highest BCUT2D eigenvalue weighted by molar-refractivity contribution is 5.98. The van der Waals surface area contributed by atoms with Crippen LogP contribution in [0.15, 0.2) is 11.3 Å². The zero-order valence-corrected chi connectivity index (χ0v) is 13.3. The van der Waals surface area contributed by atoms with E-state index in [9.17, 15) is 19.8 Å². The minimum Gasteiger partial charge on any atom is -0.503 e. The molecule has 0 aromatic rings. The van der Waals surface area contributed by atoms with Gasteiger partial charge >= 0.3 is 5.97 Å². The van der Waals surface area contributed by atoms with E-state index in [4.69, 9.17) is 0 Å². The Balaban J connectivity index is 3.08. The van der Waals surface area contributed by atoms with Crippen molar-refractivity contribution in [1.82, 2.24) is 4.90 Å². The molecule has 1 rings (SSSR count). The highest BCUT2D eigenvalue weighted by Crippen LogP contribution is 2.33. The van der Waals surface area contributed by atoms with Gasteiger partial charge in [0, 0.05) is 0 Å². The molecule has 0 radical (unpaired) electrons. The van der Waals surface area contributed by atoms with Crippen molar-refractivity contribution < 1.29 is 19.8 Å². The van der Waals surface area contributed by atoms with E-state index in [1.807, 2.05) is 20.8 Å². The molecular formula is C16H27NO4. The number of amides is 1. The average molecular weight is 297 g/mol. The van der Waals surface area contributed by atoms with Crippen molar-refractivity contribution >= 4 is 11.9 Å². The lowest BCUT2D eigenvalue weighted by Gasteiger charge is -2.32. The van der Waals surface area contributed by atoms with Crippen LogP contribution in [-0.4, -0.2) is 39.1 Å². The molecule has 5 nitrogen and oxygen atoms in total. The molecule has 0 bridgehead atoms. The standard InChI is InChI=1S/C16H27NO4/c1-4-7-10-13(16(20)21)17-12(9-6-3)11(8-5-2)14(18)15(17)19/h12-13,18H,4-10H2,1-3H3,(H,20,21). The van der Waals surface area contributed by atoms with Crippen molar-refractivity contribution in [1.29, 1.82) is 0 Å². The highest BCUT2D eigenvalue weighted by atomic mass is 16.4. The molecule has 5 heteroatoms. The molecule has 2 N–H and O–H groups in total. The second-order valence-corrected chi connectivity index (χ2v) is 5.64. The van der Waals surface area contributed by atoms with Crippen LogP contribution in [0.5, 0.6) is 0 Å². The van der Waals surface area contributed by atoms with E-state index in [-0.39, 0.29) is 11.8 Å². The van der Waals surface area contributed by atoms with Crippen LogP contribution in [0.2, 0.25) is 0 Å². The summed E-state index contributed by atoms with van der Waals surface area (Å²) in [4.78, 5) is 25.3. The molecule has 1 aliphatic heterocycles. The summed E-state index contributed by atoms with van der Waals surface area (Å²) in [5.41, 5.74) is 0.715. The Hall–Kier alpha value is -1.52. The number of carboxylic acid groups (broad SMARTS) is 1. The first-order valence-electron chi connectivity index (χ1n) is 7.96. The quantitative estimate of drug-likeness (QED) is 0.685. The van der Waals surface area contributed by atoms with E-state index >= 15 is 0 Å². The lowest BCUT2D eigenvalue weighted by atomic mass is 9.97. The summed E-state index contributed by atoms with van der Waals surface area (Å²) in [5.74, 6) is -1.72. The topological polar surface area (TPSA) is 77.8 Å². The van der Waals surface area contributed by atoms with E-state index in [1.165, 1.54) is 4.90 Å². The third-order valence-corrected chi connectivity index (χ3v) is 4.01. The van der Waals surface area contributed by atoms with Crippen molar-refractivity contribution in [3.63, 3.8) is 0 Å². The molecular weight excluding hydrogens is 270 g/mol. The van der Waals surface area contributed by atoms with Crippen LogP contribution in [0.1, 0.15) is 65.7 Å². The lowest BCUT2D eigenvalue weighted by molar-refractivity contribution is -0.150. The molecule has 0 aliphatic carbocycles. The number of unbranched alkanes of at least 4 members (excludes halogenated alkanes) is 1. The number of carbonyl (C=O) groups excluding carboxylic acids is 1. The summed E-state index contributed by atoms with van der Waals surface area (Å²) < 4.78 is 0. The van der Waals surface area contributed by atoms with Crippen molar-refractivity contribution in [2.75, 3.05) is 0 Å². The monoisotopic (exact) mass is 297 g/mol. The molecule has 0 fully saturated rings. The van der Waals surface area contributed by atoms with Crippen LogP contribution in [0, 0.1) is 0 Å². The fourth-order valence-corrected chi connectivity index (χ4v) is 3.01. The molecule has 1 heterocycles. The van der Waals surface area contributed by atoms with Crippen molar-refractivity contribution in [3.05, 3.63) is 11.3 Å². The number of carboxylic acids is 1. The van der Waals surface area contributed by atoms with Gasteiger partial charge in [0.1, 0.15) is 6.04 Å². The maximum absolute atomic E-state index is 12.3. The van der Waals surface area contributed by atoms with Gasteiger partial charge in [0.2, 0.25) is 0 Å². The molecule has 0 spiro atoms. The molecule has 0 aromatic heterocycles. The summed E-state index contributed by atoms with van der Waals surface area (Å²) in [7, 11) is 0. The Bertz CT molecular complexity index is 417. The normalized spacial score (nSPS) is 20.2. The van der Waals surface area contributed by atoms with Crippen LogP contribution < -0.4 is 0 Å². The molecule has 0 saturated heterocycles. The average Bonchev–Trinajstić information content (AvgIpc) is 2.66. The first-order chi connectivity index (χ1) is 9.99. The number of carbonyl (C=O) groups is 2. The van der Waals surface area contributed by atoms with E-state index in [2.05, 4.69) is 0 Å². The largest absolute Gasteiger partial charge is 0.503 e. The number of aliphatic hydroxyl groups excluding tert-OH is 1. The number of hydrogen-bond acceptors (Lipinski definition) is 3. The Morgan fingerprint density at radius 2 is 1.90 bits per heavy atom. The van der Waals surface area contributed by atoms with Gasteiger partial charge < -0.3 is 15.1 Å². The van der Waals surface area contributed by atoms with Crippen LogP contribution in [0.4, 0.5) is 0 Å². The molecule has 2 atom stereocenters. The first kappa shape index (κ1) is 17.5. The number of nitrogens with zero attached hydrogens (tertiary/aromatic N) is 1.